The van der Waals surface area contributed by atoms with Crippen LogP contribution in [0.3, 0.4) is 0 Å². The lowest BCUT2D eigenvalue weighted by atomic mass is 9.93. The molecule has 5 heteroatoms. The third kappa shape index (κ3) is 3.23. The van der Waals surface area contributed by atoms with Crippen molar-refractivity contribution in [1.29, 1.82) is 0 Å². The number of nitrogens with two attached hydrogens (primary N) is 1. The summed E-state index contributed by atoms with van der Waals surface area (Å²) in [7, 11) is 0. The maximum Gasteiger partial charge on any atom is 0.316 e. The van der Waals surface area contributed by atoms with E-state index in [1.807, 2.05) is 55.5 Å². The number of ether oxygens (including phenoxy) is 1. The maximum absolute atomic E-state index is 13.4. The lowest BCUT2D eigenvalue weighted by Gasteiger charge is -2.14. The summed E-state index contributed by atoms with van der Waals surface area (Å²) in [6.45, 7) is 2.24. The maximum atomic E-state index is 13.4. The summed E-state index contributed by atoms with van der Waals surface area (Å²) in [5.74, 6) is -0.122. The molecule has 27 heavy (non-hydrogen) atoms. The van der Waals surface area contributed by atoms with Crippen LogP contribution in [0.25, 0.3) is 21.6 Å². The first-order chi connectivity index (χ1) is 13.0. The standard InChI is InChI=1S/C22H20FNO2S/c1-2-26-21(25)22(11-12-22)17-9-7-15(8-10-17)14-3-5-16(6-4-14)20-18(24)13-19(23)27-20/h3-10,13H,2,11-12,24H2,1H3. The number of anilines is 1. The summed E-state index contributed by atoms with van der Waals surface area (Å²) in [4.78, 5) is 13.0. The van der Waals surface area contributed by atoms with Gasteiger partial charge in [0, 0.05) is 6.07 Å². The molecule has 3 nitrogen and oxygen atoms in total. The molecule has 138 valence electrons. The monoisotopic (exact) mass is 381 g/mol. The van der Waals surface area contributed by atoms with E-state index >= 15 is 0 Å². The third-order valence-corrected chi connectivity index (χ3v) is 6.05. The van der Waals surface area contributed by atoms with Crippen molar-refractivity contribution in [2.75, 3.05) is 12.3 Å². The summed E-state index contributed by atoms with van der Waals surface area (Å²) < 4.78 is 18.6. The number of hydrogen-bond acceptors (Lipinski definition) is 4. The van der Waals surface area contributed by atoms with Crippen molar-refractivity contribution in [2.45, 2.75) is 25.2 Å². The molecular weight excluding hydrogens is 361 g/mol. The second-order valence-corrected chi connectivity index (χ2v) is 7.79. The zero-order valence-electron chi connectivity index (χ0n) is 15.0. The molecule has 2 N–H and O–H groups in total. The van der Waals surface area contributed by atoms with Crippen LogP contribution < -0.4 is 5.73 Å². The molecule has 2 aromatic carbocycles. The van der Waals surface area contributed by atoms with Crippen molar-refractivity contribution in [3.63, 3.8) is 0 Å². The normalized spacial score (nSPS) is 14.7. The quantitative estimate of drug-likeness (QED) is 0.602. The Balaban J connectivity index is 1.56. The molecule has 3 aromatic rings. The van der Waals surface area contributed by atoms with Crippen LogP contribution in [-0.4, -0.2) is 12.6 Å². The Labute approximate surface area is 161 Å². The average Bonchev–Trinajstić information content (AvgIpc) is 3.42. The van der Waals surface area contributed by atoms with Crippen LogP contribution in [0, 0.1) is 5.13 Å². The number of thiophene rings is 1. The summed E-state index contributed by atoms with van der Waals surface area (Å²) in [5, 5.41) is -0.280. The molecular formula is C22H20FNO2S. The van der Waals surface area contributed by atoms with Gasteiger partial charge in [-0.05, 0) is 42.0 Å². The van der Waals surface area contributed by atoms with Gasteiger partial charge >= 0.3 is 5.97 Å². The van der Waals surface area contributed by atoms with Crippen LogP contribution in [0.15, 0.2) is 54.6 Å². The number of benzene rings is 2. The molecule has 0 spiro atoms. The Hall–Kier alpha value is -2.66. The molecule has 1 saturated carbocycles. The number of carbonyl (C=O) groups excluding carboxylic acids is 1. The van der Waals surface area contributed by atoms with Crippen molar-refractivity contribution in [2.24, 2.45) is 0 Å². The van der Waals surface area contributed by atoms with Crippen LogP contribution in [0.4, 0.5) is 10.1 Å². The van der Waals surface area contributed by atoms with Gasteiger partial charge in [0.05, 0.1) is 22.6 Å². The molecule has 1 aromatic heterocycles. The molecule has 4 rings (SSSR count). The Bertz CT molecular complexity index is 973. The molecule has 1 fully saturated rings. The fraction of sp³-hybridized carbons (Fsp3) is 0.227. The van der Waals surface area contributed by atoms with E-state index in [0.717, 1.165) is 51.3 Å². The Morgan fingerprint density at radius 1 is 1.07 bits per heavy atom. The number of esters is 1. The summed E-state index contributed by atoms with van der Waals surface area (Å²) in [6.07, 6.45) is 1.69. The van der Waals surface area contributed by atoms with Crippen LogP contribution in [0.5, 0.6) is 0 Å². The predicted molar refractivity (Wildman–Crippen MR) is 107 cm³/mol. The second-order valence-electron chi connectivity index (χ2n) is 6.79. The minimum atomic E-state index is -0.445. The lowest BCUT2D eigenvalue weighted by Crippen LogP contribution is -2.23. The van der Waals surface area contributed by atoms with Gasteiger partial charge < -0.3 is 10.5 Å². The molecule has 0 bridgehead atoms. The largest absolute Gasteiger partial charge is 0.465 e. The van der Waals surface area contributed by atoms with Gasteiger partial charge in [-0.1, -0.05) is 48.5 Å². The number of rotatable bonds is 5. The molecule has 1 aliphatic rings. The Morgan fingerprint density at radius 3 is 2.11 bits per heavy atom. The number of carbonyl (C=O) groups is 1. The first-order valence-electron chi connectivity index (χ1n) is 8.97. The van der Waals surface area contributed by atoms with E-state index in [2.05, 4.69) is 0 Å². The van der Waals surface area contributed by atoms with Crippen molar-refractivity contribution < 1.29 is 13.9 Å². The van der Waals surface area contributed by atoms with Crippen LogP contribution >= 0.6 is 11.3 Å². The van der Waals surface area contributed by atoms with Gasteiger partial charge in [0.1, 0.15) is 0 Å². The molecule has 0 unspecified atom stereocenters. The topological polar surface area (TPSA) is 52.3 Å². The molecule has 0 aliphatic heterocycles. The highest BCUT2D eigenvalue weighted by Gasteiger charge is 2.52. The van der Waals surface area contributed by atoms with Crippen LogP contribution in [0.2, 0.25) is 0 Å². The highest BCUT2D eigenvalue weighted by atomic mass is 32.1. The highest BCUT2D eigenvalue weighted by molar-refractivity contribution is 7.14. The molecule has 0 saturated heterocycles. The minimum absolute atomic E-state index is 0.122. The average molecular weight is 381 g/mol. The Morgan fingerprint density at radius 2 is 1.63 bits per heavy atom. The van der Waals surface area contributed by atoms with Gasteiger partial charge in [-0.2, -0.15) is 4.39 Å². The number of hydrogen-bond donors (Lipinski definition) is 1. The fourth-order valence-corrected chi connectivity index (χ4v) is 4.21. The zero-order valence-corrected chi connectivity index (χ0v) is 15.8. The molecule has 0 amide bonds. The minimum Gasteiger partial charge on any atom is -0.465 e. The van der Waals surface area contributed by atoms with Gasteiger partial charge in [0.2, 0.25) is 0 Å². The van der Waals surface area contributed by atoms with Gasteiger partial charge in [-0.25, -0.2) is 0 Å². The molecule has 1 heterocycles. The summed E-state index contributed by atoms with van der Waals surface area (Å²) in [5.41, 5.74) is 9.92. The van der Waals surface area contributed by atoms with Crippen molar-refractivity contribution in [3.8, 4) is 21.6 Å². The number of nitrogen functional groups attached to an aromatic ring is 1. The molecule has 1 aliphatic carbocycles. The number of halogens is 1. The smallest absolute Gasteiger partial charge is 0.316 e. The van der Waals surface area contributed by atoms with Crippen LogP contribution in [-0.2, 0) is 14.9 Å². The van der Waals surface area contributed by atoms with Crippen molar-refractivity contribution in [1.82, 2.24) is 0 Å². The van der Waals surface area contributed by atoms with E-state index in [1.165, 1.54) is 6.07 Å². The van der Waals surface area contributed by atoms with Gasteiger partial charge in [0.15, 0.2) is 5.13 Å². The first-order valence-corrected chi connectivity index (χ1v) is 9.78. The van der Waals surface area contributed by atoms with Crippen molar-refractivity contribution in [3.05, 3.63) is 65.3 Å². The second kappa shape index (κ2) is 6.82. The predicted octanol–water partition coefficient (Wildman–Crippen LogP) is 5.40. The highest BCUT2D eigenvalue weighted by Crippen LogP contribution is 2.49. The van der Waals surface area contributed by atoms with Gasteiger partial charge in [0.25, 0.3) is 0 Å². The first kappa shape index (κ1) is 17.7. The fourth-order valence-electron chi connectivity index (χ4n) is 3.40. The Kier molecular flexibility index (Phi) is 4.48. The third-order valence-electron chi connectivity index (χ3n) is 5.06. The van der Waals surface area contributed by atoms with E-state index in [4.69, 9.17) is 10.5 Å². The van der Waals surface area contributed by atoms with E-state index in [1.54, 1.807) is 0 Å². The van der Waals surface area contributed by atoms with E-state index < -0.39 is 5.41 Å². The molecule has 0 atom stereocenters. The summed E-state index contributed by atoms with van der Waals surface area (Å²) in [6, 6.07) is 17.3. The summed E-state index contributed by atoms with van der Waals surface area (Å²) >= 11 is 1.05. The van der Waals surface area contributed by atoms with E-state index in [-0.39, 0.29) is 11.1 Å². The van der Waals surface area contributed by atoms with Gasteiger partial charge in [-0.15, -0.1) is 11.3 Å². The molecule has 0 radical (unpaired) electrons. The SMILES string of the molecule is CCOC(=O)C1(c2ccc(-c3ccc(-c4sc(F)cc4N)cc3)cc2)CC1. The zero-order chi connectivity index (χ0) is 19.0. The van der Waals surface area contributed by atoms with Crippen molar-refractivity contribution >= 4 is 23.0 Å². The van der Waals surface area contributed by atoms with Gasteiger partial charge in [-0.3, -0.25) is 4.79 Å². The van der Waals surface area contributed by atoms with Crippen LogP contribution in [0.1, 0.15) is 25.3 Å². The lowest BCUT2D eigenvalue weighted by molar-refractivity contribution is -0.146. The van der Waals surface area contributed by atoms with E-state index in [9.17, 15) is 9.18 Å². The van der Waals surface area contributed by atoms with E-state index in [0.29, 0.717) is 12.3 Å².